The van der Waals surface area contributed by atoms with Gasteiger partial charge in [0.05, 0.1) is 81.6 Å². The zero-order valence-corrected chi connectivity index (χ0v) is 44.3. The van der Waals surface area contributed by atoms with Crippen LogP contribution in [0.4, 0.5) is 10.1 Å². The van der Waals surface area contributed by atoms with Gasteiger partial charge in [0.2, 0.25) is 11.8 Å². The number of ether oxygens (including phenoxy) is 2. The molecule has 75 heavy (non-hydrogen) atoms. The van der Waals surface area contributed by atoms with E-state index in [1.807, 2.05) is 50.4 Å². The molecule has 0 saturated heterocycles. The fraction of sp³-hybridized carbons (Fsp3) is 0.481. The lowest BCUT2D eigenvalue weighted by atomic mass is 9.77. The molecule has 5 aromatic heterocycles. The number of thiazole rings is 1. The summed E-state index contributed by atoms with van der Waals surface area (Å²) in [7, 11) is 1.85. The maximum absolute atomic E-state index is 14.7. The van der Waals surface area contributed by atoms with E-state index in [4.69, 9.17) is 14.5 Å². The SMILES string of the molecule is CNc1cc(-c2ccc3cc(C#N)cnn23)ncc1-c1nnc(C2CCC(NC(=O)CCOCCOc3cc(-c4scnc4C)ccc3CNC(=O)C3C[C@@H](O)CC3C(=O)[C@@H](NC(=O)C3(F)CC3)C(C)(C)C)CC2)s1. The highest BCUT2D eigenvalue weighted by molar-refractivity contribution is 7.14. The Morgan fingerprint density at radius 2 is 1.77 bits per heavy atom. The number of aromatic nitrogens is 6. The molecule has 3 aliphatic rings. The van der Waals surface area contributed by atoms with Crippen molar-refractivity contribution >= 4 is 57.4 Å². The number of aliphatic hydroxyl groups is 1. The topological polar surface area (TPSA) is 248 Å². The van der Waals surface area contributed by atoms with Crippen LogP contribution in [-0.4, -0.2) is 109 Å². The van der Waals surface area contributed by atoms with E-state index in [2.05, 4.69) is 47.6 Å². The van der Waals surface area contributed by atoms with E-state index in [-0.39, 0.29) is 76.3 Å². The summed E-state index contributed by atoms with van der Waals surface area (Å²) in [4.78, 5) is 63.7. The first-order chi connectivity index (χ1) is 36.0. The van der Waals surface area contributed by atoms with Crippen LogP contribution in [0, 0.1) is 35.5 Å². The van der Waals surface area contributed by atoms with Crippen LogP contribution in [0.15, 0.2) is 60.4 Å². The lowest BCUT2D eigenvalue weighted by molar-refractivity contribution is -0.138. The number of nitrogens with one attached hydrogen (secondary N) is 4. The molecular formula is C54H62FN11O7S2. The Labute approximate surface area is 442 Å². The normalized spacial score (nSPS) is 20.5. The van der Waals surface area contributed by atoms with E-state index in [0.717, 1.165) is 80.0 Å². The van der Waals surface area contributed by atoms with Crippen molar-refractivity contribution in [1.82, 2.24) is 45.7 Å². The fourth-order valence-electron chi connectivity index (χ4n) is 10.0. The molecule has 3 aliphatic carbocycles. The van der Waals surface area contributed by atoms with Crippen LogP contribution in [0.5, 0.6) is 5.75 Å². The highest BCUT2D eigenvalue weighted by Crippen LogP contribution is 2.43. The number of benzene rings is 1. The number of hydrogen-bond donors (Lipinski definition) is 5. The highest BCUT2D eigenvalue weighted by Gasteiger charge is 2.54. The number of carbonyl (C=O) groups excluding carboxylic acids is 4. The smallest absolute Gasteiger partial charge is 0.258 e. The lowest BCUT2D eigenvalue weighted by Gasteiger charge is -2.33. The number of carbonyl (C=O) groups is 4. The van der Waals surface area contributed by atoms with E-state index in [9.17, 15) is 33.9 Å². The second-order valence-corrected chi connectivity index (χ2v) is 22.7. The van der Waals surface area contributed by atoms with Crippen molar-refractivity contribution in [2.45, 2.75) is 122 Å². The van der Waals surface area contributed by atoms with Crippen LogP contribution in [0.25, 0.3) is 37.9 Å². The maximum Gasteiger partial charge on any atom is 0.258 e. The van der Waals surface area contributed by atoms with Crippen LogP contribution in [-0.2, 0) is 30.5 Å². The molecular weight excluding hydrogens is 998 g/mol. The number of amides is 3. The number of rotatable bonds is 20. The number of fused-ring (bicyclic) bond motifs is 1. The average molecular weight is 1060 g/mol. The summed E-state index contributed by atoms with van der Waals surface area (Å²) < 4.78 is 28.6. The molecule has 4 atom stereocenters. The van der Waals surface area contributed by atoms with Crippen molar-refractivity contribution in [3.63, 3.8) is 0 Å². The van der Waals surface area contributed by atoms with Crippen LogP contribution in [0.2, 0.25) is 0 Å². The first-order valence-corrected chi connectivity index (χ1v) is 27.1. The molecule has 9 rings (SSSR count). The summed E-state index contributed by atoms with van der Waals surface area (Å²) in [5.41, 5.74) is 6.00. The number of nitrogens with zero attached hydrogens (tertiary/aromatic N) is 7. The summed E-state index contributed by atoms with van der Waals surface area (Å²) in [6.07, 6.45) is 6.35. The lowest BCUT2D eigenvalue weighted by Crippen LogP contribution is -2.54. The Morgan fingerprint density at radius 1 is 0.987 bits per heavy atom. The van der Waals surface area contributed by atoms with Crippen molar-refractivity contribution < 1.29 is 38.1 Å². The molecule has 5 heterocycles. The molecule has 1 aromatic carbocycles. The van der Waals surface area contributed by atoms with Gasteiger partial charge < -0.3 is 35.8 Å². The number of alkyl halides is 1. The predicted octanol–water partition coefficient (Wildman–Crippen LogP) is 7.49. The summed E-state index contributed by atoms with van der Waals surface area (Å²) >= 11 is 3.06. The number of anilines is 1. The van der Waals surface area contributed by atoms with Crippen molar-refractivity contribution in [3.8, 4) is 44.2 Å². The number of aliphatic hydroxyl groups excluding tert-OH is 1. The number of hydrogen-bond acceptors (Lipinski definition) is 16. The van der Waals surface area contributed by atoms with Gasteiger partial charge in [-0.25, -0.2) is 13.9 Å². The molecule has 0 aliphatic heterocycles. The summed E-state index contributed by atoms with van der Waals surface area (Å²) in [6, 6.07) is 14.4. The zero-order valence-electron chi connectivity index (χ0n) is 42.7. The Balaban J connectivity index is 0.734. The van der Waals surface area contributed by atoms with Crippen molar-refractivity contribution in [2.24, 2.45) is 17.3 Å². The summed E-state index contributed by atoms with van der Waals surface area (Å²) in [5, 5.41) is 47.3. The average Bonchev–Trinajstić information content (AvgIpc) is 3.88. The number of ketones is 1. The first kappa shape index (κ1) is 53.1. The number of pyridine rings is 1. The Hall–Kier alpha value is -6.73. The van der Waals surface area contributed by atoms with Crippen LogP contribution >= 0.6 is 22.7 Å². The second kappa shape index (κ2) is 22.6. The van der Waals surface area contributed by atoms with Gasteiger partial charge in [-0.2, -0.15) is 10.4 Å². The van der Waals surface area contributed by atoms with Crippen LogP contribution in [0.3, 0.4) is 0 Å². The third kappa shape index (κ3) is 12.2. The van der Waals surface area contributed by atoms with E-state index in [1.165, 1.54) is 17.5 Å². The van der Waals surface area contributed by atoms with Gasteiger partial charge in [-0.15, -0.1) is 21.5 Å². The Kier molecular flexibility index (Phi) is 16.0. The van der Waals surface area contributed by atoms with Crippen molar-refractivity contribution in [1.29, 1.82) is 5.26 Å². The molecule has 2 unspecified atom stereocenters. The van der Waals surface area contributed by atoms with Gasteiger partial charge in [-0.3, -0.25) is 24.2 Å². The molecule has 21 heteroatoms. The molecule has 5 N–H and O–H groups in total. The standard InChI is InChI=1S/C54H62FN11O7S2/c1-30-47(74-29-60-30)33-6-7-34(27-59-49(70)39-23-37(67)22-38(39)46(69)48(53(2,3)4)63-52(71)54(55)15-16-54)44(21-33)73-19-18-72-17-14-45(68)62-35-10-8-32(9-11-35)50-64-65-51(75-50)40-28-58-42(24-41(40)57-5)43-13-12-36-20-31(25-56)26-61-66(36)43/h6-7,12-13,20-21,24,26,28-29,32,35,37-39,48,67H,8-11,14-19,22-23,27H2,1-5H3,(H,57,58)(H,59,70)(H,62,68)(H,63,71)/t32?,35?,37-,38?,39?,48+/m0/s1. The highest BCUT2D eigenvalue weighted by atomic mass is 32.1. The summed E-state index contributed by atoms with van der Waals surface area (Å²) in [5.74, 6) is -2.68. The second-order valence-electron chi connectivity index (χ2n) is 20.8. The van der Waals surface area contributed by atoms with Gasteiger partial charge in [0, 0.05) is 55.3 Å². The van der Waals surface area contributed by atoms with Gasteiger partial charge >= 0.3 is 0 Å². The van der Waals surface area contributed by atoms with Gasteiger partial charge in [0.1, 0.15) is 23.4 Å². The Bertz CT molecular complexity index is 3110. The molecule has 3 saturated carbocycles. The van der Waals surface area contributed by atoms with Crippen LogP contribution < -0.4 is 26.0 Å². The molecule has 394 valence electrons. The third-order valence-corrected chi connectivity index (χ3v) is 16.5. The minimum absolute atomic E-state index is 0.0482. The molecule has 0 bridgehead atoms. The maximum atomic E-state index is 14.7. The van der Waals surface area contributed by atoms with Crippen molar-refractivity contribution in [2.75, 3.05) is 32.2 Å². The van der Waals surface area contributed by atoms with E-state index in [0.29, 0.717) is 16.9 Å². The van der Waals surface area contributed by atoms with Gasteiger partial charge in [-0.05, 0) is 99.6 Å². The van der Waals surface area contributed by atoms with Gasteiger partial charge in [0.25, 0.3) is 5.91 Å². The molecule has 3 amide bonds. The summed E-state index contributed by atoms with van der Waals surface area (Å²) in [6.45, 7) is 7.92. The predicted molar refractivity (Wildman–Crippen MR) is 281 cm³/mol. The van der Waals surface area contributed by atoms with Gasteiger partial charge in [-0.1, -0.05) is 44.2 Å². The molecule has 0 spiro atoms. The monoisotopic (exact) mass is 1060 g/mol. The minimum Gasteiger partial charge on any atom is -0.491 e. The van der Waals surface area contributed by atoms with E-state index in [1.54, 1.807) is 54.4 Å². The van der Waals surface area contributed by atoms with E-state index < -0.39 is 52.7 Å². The largest absolute Gasteiger partial charge is 0.491 e. The van der Waals surface area contributed by atoms with E-state index >= 15 is 0 Å². The molecule has 6 aromatic rings. The molecule has 18 nitrogen and oxygen atoms in total. The fourth-order valence-corrected chi connectivity index (χ4v) is 11.8. The Morgan fingerprint density at radius 3 is 2.49 bits per heavy atom. The number of halogens is 1. The number of nitriles is 1. The van der Waals surface area contributed by atoms with Gasteiger partial charge in [0.15, 0.2) is 16.5 Å². The minimum atomic E-state index is -1.97. The van der Waals surface area contributed by atoms with Crippen molar-refractivity contribution in [3.05, 3.63) is 82.2 Å². The third-order valence-electron chi connectivity index (χ3n) is 14.4. The number of aryl methyl sites for hydroxylation is 1. The zero-order chi connectivity index (χ0) is 53.0. The quantitative estimate of drug-likeness (QED) is 0.0465. The first-order valence-electron chi connectivity index (χ1n) is 25.4. The molecule has 0 radical (unpaired) electrons. The number of Topliss-reactive ketones (excluding diaryl/α,β-unsaturated/α-hetero) is 1. The van der Waals surface area contributed by atoms with Crippen LogP contribution in [0.1, 0.15) is 106 Å². The molecule has 3 fully saturated rings.